The van der Waals surface area contributed by atoms with E-state index in [1.54, 1.807) is 23.5 Å². The van der Waals surface area contributed by atoms with Gasteiger partial charge in [0.25, 0.3) is 0 Å². The van der Waals surface area contributed by atoms with Crippen LogP contribution in [0.4, 0.5) is 0 Å². The largest absolute Gasteiger partial charge is 0.482 e. The summed E-state index contributed by atoms with van der Waals surface area (Å²) in [5, 5.41) is 2.91. The summed E-state index contributed by atoms with van der Waals surface area (Å²) in [6.07, 6.45) is 0.613. The van der Waals surface area contributed by atoms with Crippen LogP contribution in [0.2, 0.25) is 10.0 Å². The highest BCUT2D eigenvalue weighted by molar-refractivity contribution is 7.10. The first-order chi connectivity index (χ1) is 9.13. The Morgan fingerprint density at radius 1 is 1.26 bits per heavy atom. The Morgan fingerprint density at radius 3 is 2.68 bits per heavy atom. The summed E-state index contributed by atoms with van der Waals surface area (Å²) < 4.78 is 5.99. The van der Waals surface area contributed by atoms with Crippen LogP contribution < -0.4 is 10.5 Å². The van der Waals surface area contributed by atoms with Gasteiger partial charge in [-0.1, -0.05) is 42.3 Å². The molecule has 0 spiro atoms. The first kappa shape index (κ1) is 14.7. The Labute approximate surface area is 127 Å². The zero-order chi connectivity index (χ0) is 13.8. The highest BCUT2D eigenvalue weighted by atomic mass is 35.5. The summed E-state index contributed by atoms with van der Waals surface area (Å²) in [6, 6.07) is 9.26. The van der Waals surface area contributed by atoms with E-state index in [9.17, 15) is 0 Å². The first-order valence-corrected chi connectivity index (χ1v) is 7.66. The van der Waals surface area contributed by atoms with Crippen molar-refractivity contribution in [3.63, 3.8) is 0 Å². The van der Waals surface area contributed by atoms with Gasteiger partial charge in [0.1, 0.15) is 16.9 Å². The van der Waals surface area contributed by atoms with Gasteiger partial charge in [-0.3, -0.25) is 0 Å². The van der Waals surface area contributed by atoms with Crippen molar-refractivity contribution >= 4 is 34.5 Å². The van der Waals surface area contributed by atoms with E-state index in [2.05, 4.69) is 0 Å². The van der Waals surface area contributed by atoms with E-state index in [4.69, 9.17) is 33.7 Å². The van der Waals surface area contributed by atoms with Crippen molar-refractivity contribution in [2.24, 2.45) is 5.73 Å². The topological polar surface area (TPSA) is 35.2 Å². The molecule has 0 saturated heterocycles. The van der Waals surface area contributed by atoms with E-state index < -0.39 is 0 Å². The second-order valence-corrected chi connectivity index (χ2v) is 5.94. The minimum Gasteiger partial charge on any atom is -0.482 e. The lowest BCUT2D eigenvalue weighted by atomic mass is 10.1. The quantitative estimate of drug-likeness (QED) is 0.850. The van der Waals surface area contributed by atoms with Gasteiger partial charge < -0.3 is 10.5 Å². The molecule has 0 fully saturated rings. The number of halogens is 2. The summed E-state index contributed by atoms with van der Waals surface area (Å²) in [4.78, 5) is 1.09. The molecule has 2 rings (SSSR count). The summed E-state index contributed by atoms with van der Waals surface area (Å²) in [5.41, 5.74) is 6.15. The minimum absolute atomic E-state index is 0.0892. The molecule has 2 unspecified atom stereocenters. The monoisotopic (exact) mass is 315 g/mol. The van der Waals surface area contributed by atoms with Crippen LogP contribution in [0.3, 0.4) is 0 Å². The number of hydrogen-bond donors (Lipinski definition) is 1. The predicted octanol–water partition coefficient (Wildman–Crippen LogP) is 4.91. The van der Waals surface area contributed by atoms with Gasteiger partial charge in [-0.25, -0.2) is 0 Å². The van der Waals surface area contributed by atoms with Crippen LogP contribution in [-0.4, -0.2) is 6.04 Å². The molecular weight excluding hydrogens is 301 g/mol. The molecule has 0 aliphatic carbocycles. The van der Waals surface area contributed by atoms with E-state index in [-0.39, 0.29) is 12.1 Å². The molecule has 2 atom stereocenters. The summed E-state index contributed by atoms with van der Waals surface area (Å²) in [7, 11) is 0. The molecule has 2 nitrogen and oxygen atoms in total. The van der Waals surface area contributed by atoms with Gasteiger partial charge in [-0.2, -0.15) is 0 Å². The maximum absolute atomic E-state index is 6.15. The van der Waals surface area contributed by atoms with Crippen LogP contribution in [-0.2, 0) is 0 Å². The molecule has 0 saturated carbocycles. The van der Waals surface area contributed by atoms with E-state index in [1.165, 1.54) is 0 Å². The molecule has 5 heteroatoms. The first-order valence-electron chi connectivity index (χ1n) is 6.03. The van der Waals surface area contributed by atoms with E-state index in [0.29, 0.717) is 15.8 Å². The Balaban J connectivity index is 2.28. The Hall–Kier alpha value is -0.740. The second kappa shape index (κ2) is 6.62. The fraction of sp³-hybridized carbons (Fsp3) is 0.286. The number of thiophene rings is 1. The van der Waals surface area contributed by atoms with Crippen LogP contribution >= 0.6 is 34.5 Å². The molecule has 102 valence electrons. The van der Waals surface area contributed by atoms with Crippen molar-refractivity contribution in [2.45, 2.75) is 25.5 Å². The van der Waals surface area contributed by atoms with Crippen LogP contribution in [0.15, 0.2) is 35.7 Å². The maximum atomic E-state index is 6.15. The molecule has 1 heterocycles. The normalized spacial score (nSPS) is 14.1. The van der Waals surface area contributed by atoms with Crippen molar-refractivity contribution in [1.29, 1.82) is 0 Å². The standard InChI is InChI=1S/C14H15Cl2NOS/c1-2-10(17)14(12-7-4-8-19-12)18-11-6-3-5-9(15)13(11)16/h3-8,10,14H,2,17H2,1H3. The highest BCUT2D eigenvalue weighted by Crippen LogP contribution is 2.36. The minimum atomic E-state index is -0.207. The van der Waals surface area contributed by atoms with E-state index in [0.717, 1.165) is 11.3 Å². The van der Waals surface area contributed by atoms with Gasteiger partial charge in [-0.15, -0.1) is 11.3 Å². The molecule has 0 radical (unpaired) electrons. The average molecular weight is 316 g/mol. The summed E-state index contributed by atoms with van der Waals surface area (Å²) in [6.45, 7) is 2.04. The SMILES string of the molecule is CCC(N)C(Oc1cccc(Cl)c1Cl)c1cccs1. The number of benzene rings is 1. The van der Waals surface area contributed by atoms with Gasteiger partial charge in [0.2, 0.25) is 0 Å². The molecule has 0 aliphatic rings. The van der Waals surface area contributed by atoms with Gasteiger partial charge >= 0.3 is 0 Å². The smallest absolute Gasteiger partial charge is 0.148 e. The molecule has 2 N–H and O–H groups in total. The van der Waals surface area contributed by atoms with Gasteiger partial charge in [0.05, 0.1) is 5.02 Å². The Morgan fingerprint density at radius 2 is 2.05 bits per heavy atom. The molecule has 0 bridgehead atoms. The Kier molecular flexibility index (Phi) is 5.11. The molecule has 0 aliphatic heterocycles. The van der Waals surface area contributed by atoms with Crippen LogP contribution in [0.5, 0.6) is 5.75 Å². The Bertz CT molecular complexity index is 530. The lowest BCUT2D eigenvalue weighted by Crippen LogP contribution is -2.31. The number of rotatable bonds is 5. The molecule has 0 amide bonds. The fourth-order valence-electron chi connectivity index (χ4n) is 1.74. The molecule has 1 aromatic carbocycles. The molecular formula is C14H15Cl2NOS. The summed E-state index contributed by atoms with van der Waals surface area (Å²) >= 11 is 13.8. The molecule has 1 aromatic heterocycles. The van der Waals surface area contributed by atoms with Crippen molar-refractivity contribution in [3.8, 4) is 5.75 Å². The second-order valence-electron chi connectivity index (χ2n) is 4.18. The number of nitrogens with two attached hydrogens (primary N) is 1. The zero-order valence-electron chi connectivity index (χ0n) is 10.5. The highest BCUT2D eigenvalue weighted by Gasteiger charge is 2.22. The third kappa shape index (κ3) is 3.42. The summed E-state index contributed by atoms with van der Waals surface area (Å²) in [5.74, 6) is 0.566. The van der Waals surface area contributed by atoms with Crippen molar-refractivity contribution in [3.05, 3.63) is 50.6 Å². The van der Waals surface area contributed by atoms with Crippen LogP contribution in [0.25, 0.3) is 0 Å². The van der Waals surface area contributed by atoms with Gasteiger partial charge in [0.15, 0.2) is 0 Å². The maximum Gasteiger partial charge on any atom is 0.148 e. The van der Waals surface area contributed by atoms with Crippen molar-refractivity contribution in [1.82, 2.24) is 0 Å². The van der Waals surface area contributed by atoms with Gasteiger partial charge in [0, 0.05) is 10.9 Å². The number of hydrogen-bond acceptors (Lipinski definition) is 3. The van der Waals surface area contributed by atoms with Crippen molar-refractivity contribution in [2.75, 3.05) is 0 Å². The van der Waals surface area contributed by atoms with Crippen LogP contribution in [0.1, 0.15) is 24.3 Å². The van der Waals surface area contributed by atoms with Crippen LogP contribution in [0, 0.1) is 0 Å². The number of ether oxygens (including phenoxy) is 1. The zero-order valence-corrected chi connectivity index (χ0v) is 12.8. The third-order valence-electron chi connectivity index (χ3n) is 2.85. The predicted molar refractivity (Wildman–Crippen MR) is 82.4 cm³/mol. The average Bonchev–Trinajstić information content (AvgIpc) is 2.93. The lowest BCUT2D eigenvalue weighted by Gasteiger charge is -2.24. The molecule has 19 heavy (non-hydrogen) atoms. The lowest BCUT2D eigenvalue weighted by molar-refractivity contribution is 0.175. The van der Waals surface area contributed by atoms with E-state index in [1.807, 2.05) is 30.5 Å². The molecule has 2 aromatic rings. The van der Waals surface area contributed by atoms with Gasteiger partial charge in [-0.05, 0) is 30.0 Å². The fourth-order valence-corrected chi connectivity index (χ4v) is 2.90. The third-order valence-corrected chi connectivity index (χ3v) is 4.59. The van der Waals surface area contributed by atoms with E-state index >= 15 is 0 Å². The van der Waals surface area contributed by atoms with Crippen molar-refractivity contribution < 1.29 is 4.74 Å².